The van der Waals surface area contributed by atoms with Crippen molar-refractivity contribution in [3.05, 3.63) is 35.4 Å². The molecule has 15 heteroatoms. The molecule has 12 N–H and O–H groups in total. The number of aliphatic carboxylic acids is 1. The van der Waals surface area contributed by atoms with E-state index in [1.54, 1.807) is 24.3 Å². The van der Waals surface area contributed by atoms with Crippen molar-refractivity contribution in [3.63, 3.8) is 0 Å². The number of hydrogen-bond donors (Lipinski definition) is 8. The van der Waals surface area contributed by atoms with Gasteiger partial charge in [0, 0.05) is 26.2 Å². The zero-order chi connectivity index (χ0) is 29.0. The second-order valence-electron chi connectivity index (χ2n) is 8.67. The number of guanidine groups is 1. The molecule has 0 aliphatic carbocycles. The second kappa shape index (κ2) is 14.8. The van der Waals surface area contributed by atoms with Gasteiger partial charge in [-0.05, 0) is 24.8 Å². The molecule has 0 aliphatic heterocycles. The summed E-state index contributed by atoms with van der Waals surface area (Å²) in [6, 6.07) is 3.54. The van der Waals surface area contributed by atoms with Gasteiger partial charge in [0.25, 0.3) is 0 Å². The molecule has 0 radical (unpaired) electrons. The van der Waals surface area contributed by atoms with E-state index in [2.05, 4.69) is 15.6 Å². The molecule has 2 unspecified atom stereocenters. The van der Waals surface area contributed by atoms with E-state index in [-0.39, 0.29) is 37.6 Å². The Bertz CT molecular complexity index is 1070. The Kier molecular flexibility index (Phi) is 12.2. The Morgan fingerprint density at radius 1 is 0.974 bits per heavy atom. The van der Waals surface area contributed by atoms with Gasteiger partial charge in [-0.3, -0.25) is 34.4 Å². The van der Waals surface area contributed by atoms with Gasteiger partial charge in [-0.1, -0.05) is 24.3 Å². The van der Waals surface area contributed by atoms with Crippen LogP contribution in [0, 0.1) is 11.3 Å². The number of nitrogens with zero attached hydrogens (tertiary/aromatic N) is 2. The van der Waals surface area contributed by atoms with E-state index in [0.717, 1.165) is 0 Å². The number of carbonyl (C=O) groups excluding carboxylic acids is 4. The third-order valence-electron chi connectivity index (χ3n) is 5.38. The van der Waals surface area contributed by atoms with Crippen molar-refractivity contribution in [2.75, 3.05) is 20.6 Å². The van der Waals surface area contributed by atoms with Gasteiger partial charge in [-0.25, -0.2) is 0 Å². The van der Waals surface area contributed by atoms with Crippen molar-refractivity contribution < 1.29 is 29.1 Å². The summed E-state index contributed by atoms with van der Waals surface area (Å²) >= 11 is 0. The number of carboxylic acid groups (broad SMARTS) is 1. The standard InChI is InChI=1S/C23H35N9O6/c1-32(2)22(38)14(10-12-5-7-13(8-6-12)18(24)25)20(36)31-16(11-17(33)34)21(37)30-15(19(26)35)4-3-9-29-23(27)28/h5-8,14-16H,3-4,9-11H2,1-2H3,(H3,24,25)(H2,26,35)(H,30,37)(H,31,36)(H,33,34)(H4,27,28,29)/t14-,15?,16?/m0/s1. The molecule has 0 aromatic heterocycles. The van der Waals surface area contributed by atoms with Crippen molar-refractivity contribution in [3.8, 4) is 0 Å². The van der Waals surface area contributed by atoms with Crippen molar-refractivity contribution in [1.29, 1.82) is 5.41 Å². The zero-order valence-electron chi connectivity index (χ0n) is 21.3. The lowest BCUT2D eigenvalue weighted by atomic mass is 9.95. The van der Waals surface area contributed by atoms with Crippen LogP contribution in [0.1, 0.15) is 30.4 Å². The summed E-state index contributed by atoms with van der Waals surface area (Å²) in [5.41, 5.74) is 22.3. The van der Waals surface area contributed by atoms with E-state index in [1.807, 2.05) is 0 Å². The van der Waals surface area contributed by atoms with Crippen molar-refractivity contribution in [2.24, 2.45) is 33.8 Å². The third-order valence-corrected chi connectivity index (χ3v) is 5.38. The minimum absolute atomic E-state index is 0.0591. The number of nitrogens with one attached hydrogen (secondary N) is 3. The van der Waals surface area contributed by atoms with Gasteiger partial charge in [-0.15, -0.1) is 0 Å². The molecule has 0 heterocycles. The van der Waals surface area contributed by atoms with Gasteiger partial charge in [0.15, 0.2) is 5.96 Å². The molecule has 4 amide bonds. The minimum Gasteiger partial charge on any atom is -0.481 e. The maximum atomic E-state index is 13.1. The van der Waals surface area contributed by atoms with Crippen LogP contribution in [0.15, 0.2) is 29.3 Å². The summed E-state index contributed by atoms with van der Waals surface area (Å²) in [7, 11) is 2.89. The topological polar surface area (TPSA) is 273 Å². The smallest absolute Gasteiger partial charge is 0.305 e. The predicted octanol–water partition coefficient (Wildman–Crippen LogP) is -2.80. The maximum absolute atomic E-state index is 13.1. The summed E-state index contributed by atoms with van der Waals surface area (Å²) < 4.78 is 0. The molecular formula is C23H35N9O6. The van der Waals surface area contributed by atoms with E-state index < -0.39 is 54.0 Å². The molecule has 38 heavy (non-hydrogen) atoms. The predicted molar refractivity (Wildman–Crippen MR) is 139 cm³/mol. The highest BCUT2D eigenvalue weighted by Gasteiger charge is 2.33. The minimum atomic E-state index is -1.60. The fraction of sp³-hybridized carbons (Fsp3) is 0.435. The van der Waals surface area contributed by atoms with Crippen LogP contribution in [0.5, 0.6) is 0 Å². The fourth-order valence-electron chi connectivity index (χ4n) is 3.38. The Morgan fingerprint density at radius 3 is 2.03 bits per heavy atom. The molecule has 0 saturated heterocycles. The van der Waals surface area contributed by atoms with Gasteiger partial charge < -0.3 is 43.6 Å². The van der Waals surface area contributed by atoms with Crippen LogP contribution in [0.25, 0.3) is 0 Å². The number of carboxylic acids is 1. The number of nitrogen functional groups attached to an aromatic ring is 1. The SMILES string of the molecule is CN(C)C(=O)[C@@H](Cc1ccc(C(=N)N)cc1)C(=O)NC(CC(=O)O)C(=O)NC(CCCN=C(N)N)C(N)=O. The second-order valence-corrected chi connectivity index (χ2v) is 8.67. The van der Waals surface area contributed by atoms with Crippen LogP contribution in [-0.2, 0) is 30.4 Å². The number of aliphatic imine (C=N–C) groups is 1. The van der Waals surface area contributed by atoms with Gasteiger partial charge in [0.2, 0.25) is 23.6 Å². The quantitative estimate of drug-likeness (QED) is 0.0499. The lowest BCUT2D eigenvalue weighted by Gasteiger charge is -2.24. The fourth-order valence-corrected chi connectivity index (χ4v) is 3.38. The normalized spacial score (nSPS) is 12.8. The van der Waals surface area contributed by atoms with E-state index >= 15 is 0 Å². The summed E-state index contributed by atoms with van der Waals surface area (Å²) in [5.74, 6) is -6.31. The van der Waals surface area contributed by atoms with Crippen LogP contribution in [0.2, 0.25) is 0 Å². The van der Waals surface area contributed by atoms with Gasteiger partial charge in [-0.2, -0.15) is 0 Å². The molecule has 0 spiro atoms. The van der Waals surface area contributed by atoms with E-state index in [1.165, 1.54) is 19.0 Å². The van der Waals surface area contributed by atoms with Crippen LogP contribution in [0.4, 0.5) is 0 Å². The Hall–Kier alpha value is -4.69. The highest BCUT2D eigenvalue weighted by molar-refractivity contribution is 6.02. The molecule has 3 atom stereocenters. The molecule has 0 bridgehead atoms. The van der Waals surface area contributed by atoms with E-state index in [9.17, 15) is 29.1 Å². The summed E-state index contributed by atoms with van der Waals surface area (Å²) in [6.07, 6.45) is -0.544. The van der Waals surface area contributed by atoms with Gasteiger partial charge >= 0.3 is 5.97 Å². The Balaban J connectivity index is 3.08. The van der Waals surface area contributed by atoms with Gasteiger partial charge in [0.05, 0.1) is 6.42 Å². The molecule has 0 fully saturated rings. The van der Waals surface area contributed by atoms with E-state index in [0.29, 0.717) is 11.1 Å². The largest absolute Gasteiger partial charge is 0.481 e. The third kappa shape index (κ3) is 10.5. The first-order chi connectivity index (χ1) is 17.7. The van der Waals surface area contributed by atoms with Gasteiger partial charge in [0.1, 0.15) is 23.8 Å². The molecule has 208 valence electrons. The molecule has 1 rings (SSSR count). The average Bonchev–Trinajstić information content (AvgIpc) is 2.82. The summed E-state index contributed by atoms with van der Waals surface area (Å²) in [5, 5.41) is 21.4. The summed E-state index contributed by atoms with van der Waals surface area (Å²) in [6.45, 7) is 0.166. The van der Waals surface area contributed by atoms with Crippen LogP contribution >= 0.6 is 0 Å². The number of amidine groups is 1. The lowest BCUT2D eigenvalue weighted by Crippen LogP contribution is -2.55. The van der Waals surface area contributed by atoms with Crippen molar-refractivity contribution in [2.45, 2.75) is 37.8 Å². The zero-order valence-corrected chi connectivity index (χ0v) is 21.3. The number of hydrogen-bond acceptors (Lipinski definition) is 7. The van der Waals surface area contributed by atoms with E-state index in [4.69, 9.17) is 28.3 Å². The van der Waals surface area contributed by atoms with Crippen molar-refractivity contribution >= 4 is 41.4 Å². The molecule has 15 nitrogen and oxygen atoms in total. The molecular weight excluding hydrogens is 498 g/mol. The lowest BCUT2D eigenvalue weighted by molar-refractivity contribution is -0.143. The number of amides is 4. The number of rotatable bonds is 15. The Morgan fingerprint density at radius 2 is 1.55 bits per heavy atom. The van der Waals surface area contributed by atoms with Crippen LogP contribution in [-0.4, -0.2) is 84.1 Å². The highest BCUT2D eigenvalue weighted by Crippen LogP contribution is 2.14. The molecule has 0 saturated carbocycles. The van der Waals surface area contributed by atoms with Crippen molar-refractivity contribution in [1.82, 2.24) is 15.5 Å². The molecule has 0 aliphatic rings. The number of nitrogens with two attached hydrogens (primary N) is 4. The number of primary amides is 1. The first kappa shape index (κ1) is 31.3. The first-order valence-electron chi connectivity index (χ1n) is 11.5. The average molecular weight is 534 g/mol. The molecule has 1 aromatic rings. The first-order valence-corrected chi connectivity index (χ1v) is 11.5. The van der Waals surface area contributed by atoms with Crippen LogP contribution < -0.4 is 33.6 Å². The monoisotopic (exact) mass is 533 g/mol. The maximum Gasteiger partial charge on any atom is 0.305 e. The molecule has 1 aromatic carbocycles. The Labute approximate surface area is 219 Å². The highest BCUT2D eigenvalue weighted by atomic mass is 16.4. The number of benzene rings is 1. The number of carbonyl (C=O) groups is 5. The van der Waals surface area contributed by atoms with Crippen LogP contribution in [0.3, 0.4) is 0 Å². The summed E-state index contributed by atoms with van der Waals surface area (Å²) in [4.78, 5) is 67.0.